The van der Waals surface area contributed by atoms with E-state index in [1.54, 1.807) is 27.7 Å². The van der Waals surface area contributed by atoms with Gasteiger partial charge in [-0.2, -0.15) is 10.5 Å². The Morgan fingerprint density at radius 3 is 1.42 bits per heavy atom. The van der Waals surface area contributed by atoms with Gasteiger partial charge in [-0.1, -0.05) is 23.2 Å². The van der Waals surface area contributed by atoms with Crippen molar-refractivity contribution in [1.29, 1.82) is 10.5 Å². The largest absolute Gasteiger partial charge is 0.386 e. The van der Waals surface area contributed by atoms with Crippen molar-refractivity contribution in [3.63, 3.8) is 0 Å². The third kappa shape index (κ3) is 8.67. The van der Waals surface area contributed by atoms with E-state index >= 15 is 0 Å². The predicted octanol–water partition coefficient (Wildman–Crippen LogP) is 6.35. The minimum absolute atomic E-state index is 0.00536. The second-order valence-electron chi connectivity index (χ2n) is 17.3. The number of fused-ring (bicyclic) bond motifs is 2. The molecule has 22 heteroatoms. The molecular weight excluding hydrogens is 934 g/mol. The third-order valence-electron chi connectivity index (χ3n) is 12.4. The van der Waals surface area contributed by atoms with Gasteiger partial charge in [0.1, 0.15) is 78.8 Å². The fraction of sp³-hybridized carbons (Fsp3) is 0.409. The van der Waals surface area contributed by atoms with Crippen LogP contribution in [0.4, 0.5) is 8.78 Å². The van der Waals surface area contributed by atoms with Gasteiger partial charge in [-0.05, 0) is 89.8 Å². The van der Waals surface area contributed by atoms with Crippen LogP contribution in [0.3, 0.4) is 0 Å². The van der Waals surface area contributed by atoms with Crippen LogP contribution in [-0.2, 0) is 43.4 Å². The Bertz CT molecular complexity index is 2930. The van der Waals surface area contributed by atoms with Crippen molar-refractivity contribution in [3.05, 3.63) is 116 Å². The SMILES string of the molecule is C[C@@]1(c2nc(CC(=O)c3ncc(C#N)cc3Cl)ccc2F)C[S@]2(=O)=NCCC[C@]2(C)C(N)=N1.C[C@@]12CCCN=[S@]1(=O)C[C@@](C)(c1nc(CC(=O)c3ncc(C#N)cc3Cl)ccc1F)N=C2N. The van der Waals surface area contributed by atoms with Gasteiger partial charge < -0.3 is 11.5 Å². The summed E-state index contributed by atoms with van der Waals surface area (Å²) in [6, 6.07) is 11.7. The highest BCUT2D eigenvalue weighted by Gasteiger charge is 2.53. The molecule has 0 saturated heterocycles. The normalized spacial score (nSPS) is 28.8. The van der Waals surface area contributed by atoms with E-state index in [2.05, 4.69) is 38.6 Å². The van der Waals surface area contributed by atoms with Gasteiger partial charge in [-0.15, -0.1) is 0 Å². The quantitative estimate of drug-likeness (QED) is 0.183. The average Bonchev–Trinajstić information content (AvgIpc) is 3.26. The molecule has 0 aliphatic carbocycles. The number of hydrogen-bond donors (Lipinski definition) is 2. The summed E-state index contributed by atoms with van der Waals surface area (Å²) >= 11 is 12.2. The summed E-state index contributed by atoms with van der Waals surface area (Å²) in [5.74, 6) is -1.81. The highest BCUT2D eigenvalue weighted by Crippen LogP contribution is 2.43. The van der Waals surface area contributed by atoms with Crippen LogP contribution in [0.25, 0.3) is 0 Å². The molecule has 66 heavy (non-hydrogen) atoms. The molecule has 0 radical (unpaired) electrons. The topological polar surface area (TPSA) is 269 Å². The molecule has 0 aromatic carbocycles. The smallest absolute Gasteiger partial charge is 0.188 e. The third-order valence-corrected chi connectivity index (χ3v) is 19.7. The summed E-state index contributed by atoms with van der Waals surface area (Å²) in [4.78, 5) is 51.3. The van der Waals surface area contributed by atoms with Crippen molar-refractivity contribution in [2.24, 2.45) is 30.2 Å². The molecule has 16 nitrogen and oxygen atoms in total. The Kier molecular flexibility index (Phi) is 13.0. The molecule has 8 rings (SSSR count). The number of amidine groups is 2. The van der Waals surface area contributed by atoms with Gasteiger partial charge in [0.2, 0.25) is 0 Å². The number of rotatable bonds is 8. The van der Waals surface area contributed by atoms with Crippen molar-refractivity contribution in [2.75, 3.05) is 24.6 Å². The number of ketones is 2. The van der Waals surface area contributed by atoms with Crippen molar-refractivity contribution in [1.82, 2.24) is 19.9 Å². The summed E-state index contributed by atoms with van der Waals surface area (Å²) < 4.78 is 64.5. The molecule has 0 saturated carbocycles. The van der Waals surface area contributed by atoms with E-state index in [4.69, 9.17) is 45.2 Å². The Morgan fingerprint density at radius 1 is 0.697 bits per heavy atom. The van der Waals surface area contributed by atoms with Gasteiger partial charge in [0.25, 0.3) is 0 Å². The summed E-state index contributed by atoms with van der Waals surface area (Å²) in [6.07, 6.45) is 4.84. The number of halogens is 4. The number of nitrogens with two attached hydrogens (primary N) is 2. The second-order valence-corrected chi connectivity index (χ2v) is 23.6. The molecule has 344 valence electrons. The molecule has 0 spiro atoms. The fourth-order valence-corrected chi connectivity index (χ4v) is 14.9. The van der Waals surface area contributed by atoms with Crippen molar-refractivity contribution in [3.8, 4) is 12.1 Å². The number of nitriles is 2. The predicted molar refractivity (Wildman–Crippen MR) is 246 cm³/mol. The number of aromatic nitrogens is 4. The lowest BCUT2D eigenvalue weighted by Crippen LogP contribution is -2.57. The Morgan fingerprint density at radius 2 is 1.08 bits per heavy atom. The van der Waals surface area contributed by atoms with Crippen LogP contribution in [0.15, 0.2) is 67.5 Å². The van der Waals surface area contributed by atoms with Gasteiger partial charge >= 0.3 is 0 Å². The Balaban J connectivity index is 0.000000196. The number of carbonyl (C=O) groups excluding carboxylic acids is 2. The minimum atomic E-state index is -2.80. The van der Waals surface area contributed by atoms with Gasteiger partial charge in [-0.25, -0.2) is 25.9 Å². The number of Topliss-reactive ketones (excluding diaryl/α,β-unsaturated/α-hetero) is 2. The lowest BCUT2D eigenvalue weighted by Gasteiger charge is -2.43. The van der Waals surface area contributed by atoms with E-state index in [0.29, 0.717) is 25.9 Å². The van der Waals surface area contributed by atoms with E-state index in [0.717, 1.165) is 12.8 Å². The first kappa shape index (κ1) is 48.1. The van der Waals surface area contributed by atoms with Crippen LogP contribution in [0, 0.1) is 34.3 Å². The summed E-state index contributed by atoms with van der Waals surface area (Å²) in [6.45, 7) is 7.77. The van der Waals surface area contributed by atoms with Crippen LogP contribution >= 0.6 is 23.2 Å². The highest BCUT2D eigenvalue weighted by atomic mass is 35.5. The van der Waals surface area contributed by atoms with Crippen LogP contribution in [-0.4, -0.2) is 85.7 Å². The molecule has 0 amide bonds. The Labute approximate surface area is 390 Å². The number of aliphatic imine (C=N–C) groups is 2. The van der Waals surface area contributed by atoms with Gasteiger partial charge in [-0.3, -0.25) is 39.5 Å². The zero-order chi connectivity index (χ0) is 48.0. The first-order chi connectivity index (χ1) is 31.0. The molecule has 4 aromatic heterocycles. The van der Waals surface area contributed by atoms with Crippen molar-refractivity contribution >= 4 is 65.9 Å². The molecule has 4 aliphatic heterocycles. The molecule has 6 atom stereocenters. The molecule has 0 unspecified atom stereocenters. The molecule has 4 aromatic rings. The number of nitrogens with zero attached hydrogens (tertiary/aromatic N) is 10. The van der Waals surface area contributed by atoms with Gasteiger partial charge in [0.15, 0.2) is 11.6 Å². The first-order valence-corrected chi connectivity index (χ1v) is 24.8. The van der Waals surface area contributed by atoms with E-state index < -0.39 is 63.2 Å². The summed E-state index contributed by atoms with van der Waals surface area (Å²) in [7, 11) is -5.61. The van der Waals surface area contributed by atoms with E-state index in [1.807, 2.05) is 12.1 Å². The molecule has 0 fully saturated rings. The maximum atomic E-state index is 14.9. The first-order valence-electron chi connectivity index (χ1n) is 20.6. The summed E-state index contributed by atoms with van der Waals surface area (Å²) in [5.41, 5.74) is 10.9. The summed E-state index contributed by atoms with van der Waals surface area (Å²) in [5, 5.41) is 18.0. The van der Waals surface area contributed by atoms with Crippen molar-refractivity contribution in [2.45, 2.75) is 86.8 Å². The van der Waals surface area contributed by atoms with Gasteiger partial charge in [0, 0.05) is 36.9 Å². The number of hydrogen-bond acceptors (Lipinski definition) is 16. The fourth-order valence-electron chi connectivity index (χ4n) is 8.51. The lowest BCUT2D eigenvalue weighted by atomic mass is 9.96. The maximum absolute atomic E-state index is 14.9. The highest BCUT2D eigenvalue weighted by molar-refractivity contribution is 7.96. The molecule has 0 bridgehead atoms. The minimum Gasteiger partial charge on any atom is -0.386 e. The zero-order valence-electron chi connectivity index (χ0n) is 36.3. The maximum Gasteiger partial charge on any atom is 0.188 e. The van der Waals surface area contributed by atoms with Crippen LogP contribution in [0.1, 0.15) is 108 Å². The molecule has 4 aliphatic rings. The monoisotopic (exact) mass is 976 g/mol. The Hall–Kier alpha value is -5.80. The molecule has 8 heterocycles. The van der Waals surface area contributed by atoms with Crippen LogP contribution < -0.4 is 11.5 Å². The second kappa shape index (κ2) is 17.8. The number of pyridine rings is 4. The molecule has 4 N–H and O–H groups in total. The van der Waals surface area contributed by atoms with E-state index in [9.17, 15) is 26.8 Å². The van der Waals surface area contributed by atoms with Gasteiger partial charge in [0.05, 0.1) is 65.0 Å². The average molecular weight is 978 g/mol. The van der Waals surface area contributed by atoms with E-state index in [1.165, 1.54) is 48.8 Å². The zero-order valence-corrected chi connectivity index (χ0v) is 39.4. The molecular formula is C44H44Cl2F2N12O4S2. The van der Waals surface area contributed by atoms with E-state index in [-0.39, 0.29) is 91.4 Å². The number of carbonyl (C=O) groups is 2. The van der Waals surface area contributed by atoms with Crippen LogP contribution in [0.2, 0.25) is 10.0 Å². The lowest BCUT2D eigenvalue weighted by molar-refractivity contribution is 0.0979. The van der Waals surface area contributed by atoms with Crippen molar-refractivity contribution < 1.29 is 26.8 Å². The van der Waals surface area contributed by atoms with Crippen LogP contribution in [0.5, 0.6) is 0 Å². The standard InChI is InChI=1S/2C22H22ClFN6O2S/c2*1-21(12-33(32)22(2,20(26)30-21)6-3-7-28-33)19-16(24)5-4-14(29-19)9-17(31)18-15(23)8-13(10-25)11-27-18/h2*4-5,8,11H,3,6-7,9,12H2,1-2H3,(H2,26,30)/t21-,22+,33+;21-,22-,33-/m00/s1.